The Hall–Kier alpha value is -0.640. The normalized spacial score (nSPS) is 13.9. The molecule has 0 aromatic heterocycles. The molecule has 106 valence electrons. The van der Waals surface area contributed by atoms with Gasteiger partial charge in [0.15, 0.2) is 0 Å². The molecule has 0 unspecified atom stereocenters. The molecule has 0 rings (SSSR count). The summed E-state index contributed by atoms with van der Waals surface area (Å²) in [6, 6.07) is 0. The second-order valence-electron chi connectivity index (χ2n) is 1.98. The third kappa shape index (κ3) is 5.02. The van der Waals surface area contributed by atoms with Crippen molar-refractivity contribution in [2.45, 2.75) is 11.0 Å². The number of rotatable bonds is 2. The van der Waals surface area contributed by atoms with E-state index in [1.54, 1.807) is 0 Å². The van der Waals surface area contributed by atoms with Gasteiger partial charge in [0.1, 0.15) is 0 Å². The molecule has 0 atom stereocenters. The molecule has 15 heteroatoms. The molecule has 0 amide bonds. The Kier molecular flexibility index (Phi) is 5.88. The molecular formula is C2H4F6N2O5S2. The third-order valence-corrected chi connectivity index (χ3v) is 3.80. The third-order valence-electron chi connectivity index (χ3n) is 0.829. The minimum Gasteiger partial charge on any atom is -0.320 e. The van der Waals surface area contributed by atoms with E-state index < -0.39 is 35.2 Å². The van der Waals surface area contributed by atoms with E-state index in [4.69, 9.17) is 5.21 Å². The zero-order chi connectivity index (χ0) is 14.7. The number of hydrogen-bond donors (Lipinski definition) is 3. The largest absolute Gasteiger partial charge is 0.512 e. The van der Waals surface area contributed by atoms with Crippen molar-refractivity contribution in [3.8, 4) is 0 Å². The lowest BCUT2D eigenvalue weighted by Crippen LogP contribution is -2.45. The van der Waals surface area contributed by atoms with E-state index in [0.717, 1.165) is 0 Å². The molecule has 0 heterocycles. The van der Waals surface area contributed by atoms with E-state index in [-0.39, 0.29) is 0 Å². The molecule has 0 aromatic carbocycles. The highest BCUT2D eigenvalue weighted by Gasteiger charge is 2.55. The molecule has 0 saturated carbocycles. The lowest BCUT2D eigenvalue weighted by molar-refractivity contribution is -0.0476. The summed E-state index contributed by atoms with van der Waals surface area (Å²) in [4.78, 5) is 0. The van der Waals surface area contributed by atoms with Gasteiger partial charge in [0.2, 0.25) is 0 Å². The van der Waals surface area contributed by atoms with E-state index in [1.807, 2.05) is 0 Å². The van der Waals surface area contributed by atoms with Crippen LogP contribution in [0.25, 0.3) is 0 Å². The predicted molar refractivity (Wildman–Crippen MR) is 39.1 cm³/mol. The van der Waals surface area contributed by atoms with Gasteiger partial charge >= 0.3 is 31.1 Å². The zero-order valence-corrected chi connectivity index (χ0v) is 8.87. The SMILES string of the molecule is NO.O=S(=O)(NS(=O)(=O)C(F)(F)F)C(F)(F)F. The summed E-state index contributed by atoms with van der Waals surface area (Å²) in [6.07, 6.45) is 0. The van der Waals surface area contributed by atoms with Crippen LogP contribution < -0.4 is 10.0 Å². The van der Waals surface area contributed by atoms with E-state index in [9.17, 15) is 43.2 Å². The van der Waals surface area contributed by atoms with Crippen molar-refractivity contribution >= 4 is 20.0 Å². The number of nitrogens with two attached hydrogens (primary N) is 1. The molecule has 0 fully saturated rings. The van der Waals surface area contributed by atoms with Crippen molar-refractivity contribution in [3.05, 3.63) is 0 Å². The Bertz CT molecular complexity index is 390. The Morgan fingerprint density at radius 3 is 1.06 bits per heavy atom. The van der Waals surface area contributed by atoms with Crippen molar-refractivity contribution in [1.82, 2.24) is 4.13 Å². The van der Waals surface area contributed by atoms with Gasteiger partial charge in [0, 0.05) is 0 Å². The van der Waals surface area contributed by atoms with Crippen molar-refractivity contribution in [1.29, 1.82) is 0 Å². The standard InChI is InChI=1S/C2HF6NO4S2.H3NO/c3-1(4,5)14(10,11)9-15(12,13)2(6,7)8;1-2/h9H;2H,1H2. The van der Waals surface area contributed by atoms with Gasteiger partial charge in [0.25, 0.3) is 0 Å². The van der Waals surface area contributed by atoms with Gasteiger partial charge in [0.05, 0.1) is 0 Å². The lowest BCUT2D eigenvalue weighted by Gasteiger charge is -2.11. The zero-order valence-electron chi connectivity index (χ0n) is 7.24. The number of hydrogen-bond acceptors (Lipinski definition) is 6. The fraction of sp³-hybridized carbons (Fsp3) is 1.00. The highest BCUT2D eigenvalue weighted by molar-refractivity contribution is 8.05. The maximum absolute atomic E-state index is 11.5. The second kappa shape index (κ2) is 5.34. The van der Waals surface area contributed by atoms with Gasteiger partial charge in [-0.25, -0.2) is 22.7 Å². The average molecular weight is 314 g/mol. The fourth-order valence-corrected chi connectivity index (χ4v) is 2.15. The molecule has 0 aliphatic carbocycles. The van der Waals surface area contributed by atoms with Crippen LogP contribution in [0.4, 0.5) is 26.3 Å². The number of nitrogens with one attached hydrogen (secondary N) is 1. The Morgan fingerprint density at radius 2 is 0.941 bits per heavy atom. The van der Waals surface area contributed by atoms with Crippen LogP contribution >= 0.6 is 0 Å². The second-order valence-corrected chi connectivity index (χ2v) is 5.59. The van der Waals surface area contributed by atoms with Crippen LogP contribution in [0, 0.1) is 0 Å². The molecule has 0 aromatic rings. The van der Waals surface area contributed by atoms with Gasteiger partial charge in [-0.05, 0) is 0 Å². The van der Waals surface area contributed by atoms with E-state index in [1.165, 1.54) is 0 Å². The first-order valence-electron chi connectivity index (χ1n) is 2.88. The summed E-state index contributed by atoms with van der Waals surface area (Å²) in [6.45, 7) is 0. The molecule has 0 saturated heterocycles. The molecule has 0 spiro atoms. The number of alkyl halides is 6. The summed E-state index contributed by atoms with van der Waals surface area (Å²) in [5, 5.41) is 6.50. The number of sulfonamides is 2. The van der Waals surface area contributed by atoms with Crippen molar-refractivity contribution in [2.24, 2.45) is 5.90 Å². The molecule has 17 heavy (non-hydrogen) atoms. The number of halogens is 6. The van der Waals surface area contributed by atoms with Crippen LogP contribution in [0.3, 0.4) is 0 Å². The molecule has 7 nitrogen and oxygen atoms in total. The van der Waals surface area contributed by atoms with Gasteiger partial charge < -0.3 is 5.21 Å². The molecule has 0 bridgehead atoms. The van der Waals surface area contributed by atoms with Gasteiger partial charge in [-0.1, -0.05) is 4.13 Å². The van der Waals surface area contributed by atoms with Crippen LogP contribution in [-0.4, -0.2) is 33.1 Å². The van der Waals surface area contributed by atoms with Crippen molar-refractivity contribution in [3.63, 3.8) is 0 Å². The van der Waals surface area contributed by atoms with Crippen LogP contribution in [0.2, 0.25) is 0 Å². The van der Waals surface area contributed by atoms with Crippen LogP contribution in [0.1, 0.15) is 0 Å². The Balaban J connectivity index is 0. The first kappa shape index (κ1) is 18.7. The van der Waals surface area contributed by atoms with E-state index in [2.05, 4.69) is 5.90 Å². The van der Waals surface area contributed by atoms with Crippen LogP contribution in [-0.2, 0) is 20.0 Å². The van der Waals surface area contributed by atoms with Crippen LogP contribution in [0.5, 0.6) is 0 Å². The summed E-state index contributed by atoms with van der Waals surface area (Å²) in [7, 11) is -13.2. The molecule has 0 radical (unpaired) electrons. The van der Waals surface area contributed by atoms with Crippen molar-refractivity contribution in [2.75, 3.05) is 0 Å². The average Bonchev–Trinajstić information content (AvgIpc) is 2.01. The first-order valence-corrected chi connectivity index (χ1v) is 5.84. The predicted octanol–water partition coefficient (Wildman–Crippen LogP) is -0.391. The quantitative estimate of drug-likeness (QED) is 0.470. The smallest absolute Gasteiger partial charge is 0.320 e. The van der Waals surface area contributed by atoms with Crippen molar-refractivity contribution < 1.29 is 48.4 Å². The molecule has 4 N–H and O–H groups in total. The van der Waals surface area contributed by atoms with Crippen LogP contribution in [0.15, 0.2) is 0 Å². The summed E-state index contributed by atoms with van der Waals surface area (Å²) < 4.78 is 108. The monoisotopic (exact) mass is 314 g/mol. The summed E-state index contributed by atoms with van der Waals surface area (Å²) in [5.74, 6) is 3.50. The van der Waals surface area contributed by atoms with E-state index >= 15 is 0 Å². The highest BCUT2D eigenvalue weighted by Crippen LogP contribution is 2.27. The lowest BCUT2D eigenvalue weighted by atomic mass is 11.6. The van der Waals surface area contributed by atoms with Gasteiger partial charge in [-0.3, -0.25) is 0 Å². The van der Waals surface area contributed by atoms with Gasteiger partial charge in [-0.2, -0.15) is 26.3 Å². The molecule has 0 aliphatic rings. The van der Waals surface area contributed by atoms with E-state index in [0.29, 0.717) is 0 Å². The Labute approximate surface area is 90.3 Å². The maximum atomic E-state index is 11.5. The minimum atomic E-state index is -6.60. The summed E-state index contributed by atoms with van der Waals surface area (Å²) in [5.41, 5.74) is -12.3. The molecular weight excluding hydrogens is 310 g/mol. The molecule has 0 aliphatic heterocycles. The fourth-order valence-electron chi connectivity index (χ4n) is 0.239. The summed E-state index contributed by atoms with van der Waals surface area (Å²) >= 11 is 0. The minimum absolute atomic E-state index is 0.493. The highest BCUT2D eigenvalue weighted by atomic mass is 32.3. The first-order chi connectivity index (χ1) is 7.21. The topological polar surface area (TPSA) is 127 Å². The Morgan fingerprint density at radius 1 is 0.765 bits per heavy atom. The maximum Gasteiger partial charge on any atom is 0.512 e. The van der Waals surface area contributed by atoms with Gasteiger partial charge in [-0.15, -0.1) is 0 Å².